The maximum Gasteiger partial charge on any atom is 0.120 e. The number of rotatable bonds is 5. The first kappa shape index (κ1) is 9.16. The molecule has 1 aliphatic rings. The predicted octanol–water partition coefficient (Wildman–Crippen LogP) is 3.11. The van der Waals surface area contributed by atoms with Crippen LogP contribution in [-0.2, 0) is 0 Å². The summed E-state index contributed by atoms with van der Waals surface area (Å²) in [7, 11) is 1.45. The van der Waals surface area contributed by atoms with Crippen molar-refractivity contribution in [3.05, 3.63) is 0 Å². The highest BCUT2D eigenvalue weighted by atomic mass is 14.3. The van der Waals surface area contributed by atoms with Crippen LogP contribution in [0.3, 0.4) is 0 Å². The van der Waals surface area contributed by atoms with Crippen LogP contribution < -0.4 is 0 Å². The van der Waals surface area contributed by atoms with E-state index in [-0.39, 0.29) is 0 Å². The Morgan fingerprint density at radius 2 is 2.09 bits per heavy atom. The lowest BCUT2D eigenvalue weighted by molar-refractivity contribution is 0.215. The van der Waals surface area contributed by atoms with E-state index in [1.54, 1.807) is 0 Å². The van der Waals surface area contributed by atoms with Crippen LogP contribution in [-0.4, -0.2) is 7.28 Å². The molecule has 1 aliphatic carbocycles. The molecule has 0 heterocycles. The summed E-state index contributed by atoms with van der Waals surface area (Å²) in [5.74, 6) is 2.19. The molecule has 1 unspecified atom stereocenters. The lowest BCUT2D eigenvalue weighted by atomic mass is 9.61. The summed E-state index contributed by atoms with van der Waals surface area (Å²) in [6, 6.07) is 0. The Bertz CT molecular complexity index is 97.0. The summed E-state index contributed by atoms with van der Waals surface area (Å²) >= 11 is 0. The molecule has 0 nitrogen and oxygen atoms in total. The first-order valence-corrected chi connectivity index (χ1v) is 5.38. The quantitative estimate of drug-likeness (QED) is 0.531. The molecule has 64 valence electrons. The van der Waals surface area contributed by atoms with Crippen LogP contribution in [0.5, 0.6) is 0 Å². The van der Waals surface area contributed by atoms with Crippen molar-refractivity contribution in [2.24, 2.45) is 11.8 Å². The average molecular weight is 152 g/mol. The smallest absolute Gasteiger partial charge is 0.0803 e. The van der Waals surface area contributed by atoms with Gasteiger partial charge in [-0.15, -0.1) is 0 Å². The van der Waals surface area contributed by atoms with E-state index in [1.165, 1.54) is 45.6 Å². The molecule has 1 fully saturated rings. The SMILES string of the molecule is CCBCC(CC)C1CCC1. The summed E-state index contributed by atoms with van der Waals surface area (Å²) in [6.45, 7) is 4.66. The molecule has 11 heavy (non-hydrogen) atoms. The third kappa shape index (κ3) is 2.54. The normalized spacial score (nSPS) is 20.9. The Kier molecular flexibility index (Phi) is 4.03. The van der Waals surface area contributed by atoms with Gasteiger partial charge >= 0.3 is 0 Å². The third-order valence-electron chi connectivity index (χ3n) is 3.27. The minimum absolute atomic E-state index is 1.07. The van der Waals surface area contributed by atoms with Crippen molar-refractivity contribution in [3.63, 3.8) is 0 Å². The molecule has 1 rings (SSSR count). The Labute approximate surface area is 72.0 Å². The molecule has 0 bridgehead atoms. The Morgan fingerprint density at radius 1 is 1.36 bits per heavy atom. The van der Waals surface area contributed by atoms with E-state index in [9.17, 15) is 0 Å². The van der Waals surface area contributed by atoms with E-state index in [2.05, 4.69) is 13.8 Å². The molecule has 0 aliphatic heterocycles. The molecular formula is C10H21B. The van der Waals surface area contributed by atoms with Crippen molar-refractivity contribution in [1.29, 1.82) is 0 Å². The molecular weight excluding hydrogens is 131 g/mol. The molecule has 0 saturated heterocycles. The van der Waals surface area contributed by atoms with Gasteiger partial charge in [0, 0.05) is 0 Å². The van der Waals surface area contributed by atoms with E-state index in [0.29, 0.717) is 0 Å². The molecule has 1 atom stereocenters. The summed E-state index contributed by atoms with van der Waals surface area (Å²) in [5.41, 5.74) is 0. The van der Waals surface area contributed by atoms with Gasteiger partial charge < -0.3 is 0 Å². The predicted molar refractivity (Wildman–Crippen MR) is 53.6 cm³/mol. The fraction of sp³-hybridized carbons (Fsp3) is 1.00. The van der Waals surface area contributed by atoms with Crippen molar-refractivity contribution in [3.8, 4) is 0 Å². The first-order valence-electron chi connectivity index (χ1n) is 5.38. The van der Waals surface area contributed by atoms with Crippen LogP contribution in [0.15, 0.2) is 0 Å². The summed E-state index contributed by atoms with van der Waals surface area (Å²) in [5, 5.41) is 0. The van der Waals surface area contributed by atoms with Crippen LogP contribution in [0.1, 0.15) is 39.5 Å². The fourth-order valence-electron chi connectivity index (χ4n) is 2.15. The fourth-order valence-corrected chi connectivity index (χ4v) is 2.15. The van der Waals surface area contributed by atoms with E-state index in [0.717, 1.165) is 11.8 Å². The monoisotopic (exact) mass is 152 g/mol. The van der Waals surface area contributed by atoms with Crippen molar-refractivity contribution in [2.75, 3.05) is 0 Å². The van der Waals surface area contributed by atoms with Crippen LogP contribution in [0.2, 0.25) is 12.6 Å². The van der Waals surface area contributed by atoms with Crippen LogP contribution >= 0.6 is 0 Å². The summed E-state index contributed by atoms with van der Waals surface area (Å²) in [4.78, 5) is 0. The zero-order chi connectivity index (χ0) is 8.10. The molecule has 1 saturated carbocycles. The maximum atomic E-state index is 2.36. The second-order valence-corrected chi connectivity index (χ2v) is 4.00. The van der Waals surface area contributed by atoms with Crippen molar-refractivity contribution >= 4 is 7.28 Å². The molecule has 0 amide bonds. The molecule has 0 N–H and O–H groups in total. The lowest BCUT2D eigenvalue weighted by Gasteiger charge is -2.33. The van der Waals surface area contributed by atoms with Gasteiger partial charge in [-0.05, 0) is 11.8 Å². The van der Waals surface area contributed by atoms with Crippen molar-refractivity contribution in [1.82, 2.24) is 0 Å². The third-order valence-corrected chi connectivity index (χ3v) is 3.27. The molecule has 0 radical (unpaired) electrons. The summed E-state index contributed by atoms with van der Waals surface area (Å²) in [6.07, 6.45) is 8.86. The number of hydrogen-bond acceptors (Lipinski definition) is 0. The zero-order valence-electron chi connectivity index (χ0n) is 8.10. The Hall–Kier alpha value is 0.0649. The van der Waals surface area contributed by atoms with Crippen LogP contribution in [0.4, 0.5) is 0 Å². The first-order chi connectivity index (χ1) is 5.38. The van der Waals surface area contributed by atoms with E-state index < -0.39 is 0 Å². The van der Waals surface area contributed by atoms with Gasteiger partial charge in [0.15, 0.2) is 0 Å². The topological polar surface area (TPSA) is 0 Å². The van der Waals surface area contributed by atoms with Crippen molar-refractivity contribution < 1.29 is 0 Å². The van der Waals surface area contributed by atoms with Gasteiger partial charge in [0.2, 0.25) is 0 Å². The number of hydrogen-bond donors (Lipinski definition) is 0. The van der Waals surface area contributed by atoms with Gasteiger partial charge in [-0.1, -0.05) is 52.2 Å². The molecule has 0 aromatic heterocycles. The Balaban J connectivity index is 2.13. The second kappa shape index (κ2) is 4.85. The zero-order valence-corrected chi connectivity index (χ0v) is 8.10. The van der Waals surface area contributed by atoms with Gasteiger partial charge in [-0.2, -0.15) is 0 Å². The van der Waals surface area contributed by atoms with Crippen LogP contribution in [0, 0.1) is 11.8 Å². The lowest BCUT2D eigenvalue weighted by Crippen LogP contribution is -2.22. The Morgan fingerprint density at radius 3 is 2.45 bits per heavy atom. The van der Waals surface area contributed by atoms with Gasteiger partial charge in [0.1, 0.15) is 7.28 Å². The maximum absolute atomic E-state index is 2.36. The van der Waals surface area contributed by atoms with E-state index >= 15 is 0 Å². The van der Waals surface area contributed by atoms with E-state index in [4.69, 9.17) is 0 Å². The molecule has 0 aromatic rings. The molecule has 1 heteroatoms. The molecule has 0 aromatic carbocycles. The highest BCUT2D eigenvalue weighted by Gasteiger charge is 2.24. The van der Waals surface area contributed by atoms with Crippen molar-refractivity contribution in [2.45, 2.75) is 52.2 Å². The van der Waals surface area contributed by atoms with Gasteiger partial charge in [-0.3, -0.25) is 0 Å². The summed E-state index contributed by atoms with van der Waals surface area (Å²) < 4.78 is 0. The standard InChI is InChI=1S/C10H21B/c1-3-9(8-11-4-2)10-6-5-7-10/h9-11H,3-8H2,1-2H3. The van der Waals surface area contributed by atoms with Crippen LogP contribution in [0.25, 0.3) is 0 Å². The van der Waals surface area contributed by atoms with Gasteiger partial charge in [0.05, 0.1) is 0 Å². The largest absolute Gasteiger partial charge is 0.120 e. The minimum Gasteiger partial charge on any atom is -0.0803 e. The second-order valence-electron chi connectivity index (χ2n) is 4.00. The minimum atomic E-state index is 1.07. The highest BCUT2D eigenvalue weighted by molar-refractivity contribution is 6.35. The van der Waals surface area contributed by atoms with Gasteiger partial charge in [-0.25, -0.2) is 0 Å². The van der Waals surface area contributed by atoms with Gasteiger partial charge in [0.25, 0.3) is 0 Å². The van der Waals surface area contributed by atoms with E-state index in [1.807, 2.05) is 0 Å². The highest BCUT2D eigenvalue weighted by Crippen LogP contribution is 2.36. The average Bonchev–Trinajstić information content (AvgIpc) is 1.93. The molecule has 0 spiro atoms.